The average Bonchev–Trinajstić information content (AvgIpc) is 3.07. The molecule has 0 aromatic rings. The van der Waals surface area contributed by atoms with Gasteiger partial charge in [0.2, 0.25) is 11.8 Å². The normalized spacial score (nSPS) is 12.7. The van der Waals surface area contributed by atoms with Gasteiger partial charge in [-0.1, -0.05) is 115 Å². The lowest BCUT2D eigenvalue weighted by molar-refractivity contribution is -0.150. The summed E-state index contributed by atoms with van der Waals surface area (Å²) in [5.74, 6) is -2.40. The van der Waals surface area contributed by atoms with Crippen LogP contribution in [0.15, 0.2) is 24.3 Å². The highest BCUT2D eigenvalue weighted by Crippen LogP contribution is 2.17. The van der Waals surface area contributed by atoms with Gasteiger partial charge in [0.1, 0.15) is 12.1 Å². The summed E-state index contributed by atoms with van der Waals surface area (Å²) in [5.41, 5.74) is 0. The van der Waals surface area contributed by atoms with Gasteiger partial charge in [0.25, 0.3) is 0 Å². The zero-order valence-corrected chi connectivity index (χ0v) is 30.5. The molecule has 48 heavy (non-hydrogen) atoms. The fourth-order valence-corrected chi connectivity index (χ4v) is 5.45. The number of ether oxygens (including phenoxy) is 1. The monoisotopic (exact) mass is 679 g/mol. The second-order valence-electron chi connectivity index (χ2n) is 13.0. The Morgan fingerprint density at radius 1 is 0.625 bits per heavy atom. The minimum Gasteiger partial charge on any atom is -0.480 e. The van der Waals surface area contributed by atoms with Crippen molar-refractivity contribution >= 4 is 23.8 Å². The van der Waals surface area contributed by atoms with Crippen molar-refractivity contribution in [3.05, 3.63) is 24.3 Å². The van der Waals surface area contributed by atoms with Gasteiger partial charge in [0.05, 0.1) is 13.2 Å². The Bertz CT molecular complexity index is 874. The van der Waals surface area contributed by atoms with Gasteiger partial charge in [-0.15, -0.1) is 0 Å². The van der Waals surface area contributed by atoms with Gasteiger partial charge in [0.15, 0.2) is 0 Å². The second-order valence-corrected chi connectivity index (χ2v) is 13.0. The summed E-state index contributed by atoms with van der Waals surface area (Å²) in [4.78, 5) is 47.3. The van der Waals surface area contributed by atoms with Crippen LogP contribution in [-0.4, -0.2) is 59.3 Å². The maximum Gasteiger partial charge on any atom is 0.328 e. The number of rotatable bonds is 34. The molecule has 0 bridgehead atoms. The number of carbonyl (C=O) groups is 4. The van der Waals surface area contributed by atoms with Gasteiger partial charge in [-0.05, 0) is 70.6 Å². The number of allylic oxidation sites excluding steroid dienone is 4. The van der Waals surface area contributed by atoms with E-state index in [0.717, 1.165) is 77.0 Å². The summed E-state index contributed by atoms with van der Waals surface area (Å²) in [7, 11) is 0. The number of hydrogen-bond donors (Lipinski definition) is 4. The minimum absolute atomic E-state index is 0.0822. The molecule has 9 nitrogen and oxygen atoms in total. The van der Waals surface area contributed by atoms with E-state index in [9.17, 15) is 19.2 Å². The van der Waals surface area contributed by atoms with Crippen LogP contribution < -0.4 is 10.6 Å². The van der Waals surface area contributed by atoms with Crippen molar-refractivity contribution in [2.45, 2.75) is 187 Å². The van der Waals surface area contributed by atoms with Gasteiger partial charge < -0.3 is 25.6 Å². The number of amides is 2. The molecule has 0 heterocycles. The fourth-order valence-electron chi connectivity index (χ4n) is 5.45. The van der Waals surface area contributed by atoms with Crippen molar-refractivity contribution in [2.75, 3.05) is 13.2 Å². The molecule has 4 N–H and O–H groups in total. The number of aliphatic hydroxyl groups is 1. The van der Waals surface area contributed by atoms with E-state index in [0.29, 0.717) is 12.8 Å². The number of carboxylic acid groups (broad SMARTS) is 1. The van der Waals surface area contributed by atoms with Crippen molar-refractivity contribution in [2.24, 2.45) is 0 Å². The van der Waals surface area contributed by atoms with Crippen LogP contribution in [0.5, 0.6) is 0 Å². The van der Waals surface area contributed by atoms with Crippen LogP contribution in [0, 0.1) is 0 Å². The van der Waals surface area contributed by atoms with Crippen molar-refractivity contribution in [1.82, 2.24) is 10.6 Å². The van der Waals surface area contributed by atoms with Crippen LogP contribution in [0.25, 0.3) is 0 Å². The van der Waals surface area contributed by atoms with Crippen molar-refractivity contribution in [1.29, 1.82) is 0 Å². The topological polar surface area (TPSA) is 142 Å². The van der Waals surface area contributed by atoms with Gasteiger partial charge in [-0.3, -0.25) is 14.4 Å². The first kappa shape index (κ1) is 45.3. The number of nitrogens with one attached hydrogen (secondary N) is 2. The van der Waals surface area contributed by atoms with Crippen molar-refractivity contribution in [3.8, 4) is 0 Å². The highest BCUT2D eigenvalue weighted by molar-refractivity contribution is 5.87. The lowest BCUT2D eigenvalue weighted by Gasteiger charge is -2.18. The van der Waals surface area contributed by atoms with E-state index >= 15 is 0 Å². The van der Waals surface area contributed by atoms with Gasteiger partial charge in [-0.25, -0.2) is 4.79 Å². The molecule has 0 spiro atoms. The summed E-state index contributed by atoms with van der Waals surface area (Å²) in [5, 5.41) is 22.5. The predicted molar refractivity (Wildman–Crippen MR) is 195 cm³/mol. The zero-order chi connectivity index (χ0) is 35.5. The number of carboxylic acids is 1. The largest absolute Gasteiger partial charge is 0.480 e. The number of aliphatic hydroxyl groups excluding tert-OH is 1. The molecule has 0 radical (unpaired) electrons. The highest BCUT2D eigenvalue weighted by Gasteiger charge is 2.19. The number of aliphatic carboxylic acids is 1. The lowest BCUT2D eigenvalue weighted by Crippen LogP contribution is -2.47. The van der Waals surface area contributed by atoms with E-state index in [2.05, 4.69) is 48.8 Å². The number of unbranched alkanes of at least 4 members (excludes halogenated alkanes) is 16. The van der Waals surface area contributed by atoms with E-state index in [1.807, 2.05) is 0 Å². The maximum atomic E-state index is 12.6. The fraction of sp³-hybridized carbons (Fsp3) is 0.795. The third-order valence-corrected chi connectivity index (χ3v) is 8.45. The first-order valence-corrected chi connectivity index (χ1v) is 19.2. The molecular formula is C39H70N2O7. The Labute approximate surface area is 292 Å². The highest BCUT2D eigenvalue weighted by atomic mass is 16.5. The van der Waals surface area contributed by atoms with Crippen LogP contribution in [-0.2, 0) is 23.9 Å². The summed E-state index contributed by atoms with van der Waals surface area (Å²) in [6.07, 6.45) is 35.2. The molecule has 0 aliphatic carbocycles. The number of hydrogen-bond acceptors (Lipinski definition) is 6. The van der Waals surface area contributed by atoms with Crippen LogP contribution in [0.4, 0.5) is 0 Å². The second kappa shape index (κ2) is 34.2. The summed E-state index contributed by atoms with van der Waals surface area (Å²) >= 11 is 0. The number of carbonyl (C=O) groups excluding carboxylic acids is 3. The molecule has 2 unspecified atom stereocenters. The Balaban J connectivity index is 4.02. The SMILES string of the molecule is CCCCCC/C=C\C/C=C\CCCCCCCCCC(=O)OC(CCCCCC)CCCCCC(=O)NCC(=O)NC(CO)C(=O)O. The zero-order valence-electron chi connectivity index (χ0n) is 30.5. The van der Waals surface area contributed by atoms with Gasteiger partial charge >= 0.3 is 11.9 Å². The van der Waals surface area contributed by atoms with E-state index in [-0.39, 0.29) is 30.9 Å². The molecule has 0 aromatic heterocycles. The van der Waals surface area contributed by atoms with Crippen LogP contribution in [0.1, 0.15) is 174 Å². The minimum atomic E-state index is -1.39. The molecule has 0 rings (SSSR count). The van der Waals surface area contributed by atoms with Crippen LogP contribution in [0.3, 0.4) is 0 Å². The molecular weight excluding hydrogens is 608 g/mol. The quantitative estimate of drug-likeness (QED) is 0.0304. The predicted octanol–water partition coefficient (Wildman–Crippen LogP) is 8.48. The van der Waals surface area contributed by atoms with Crippen molar-refractivity contribution in [3.63, 3.8) is 0 Å². The molecule has 278 valence electrons. The third kappa shape index (κ3) is 30.6. The Morgan fingerprint density at radius 2 is 1.12 bits per heavy atom. The smallest absolute Gasteiger partial charge is 0.328 e. The molecule has 0 saturated carbocycles. The van der Waals surface area contributed by atoms with Crippen LogP contribution >= 0.6 is 0 Å². The molecule has 2 amide bonds. The average molecular weight is 679 g/mol. The van der Waals surface area contributed by atoms with Crippen LogP contribution in [0.2, 0.25) is 0 Å². The Morgan fingerprint density at radius 3 is 1.69 bits per heavy atom. The van der Waals surface area contributed by atoms with Gasteiger partial charge in [-0.2, -0.15) is 0 Å². The summed E-state index contributed by atoms with van der Waals surface area (Å²) < 4.78 is 5.88. The molecule has 0 saturated heterocycles. The first-order chi connectivity index (χ1) is 23.3. The Hall–Kier alpha value is -2.68. The molecule has 0 aromatic carbocycles. The molecule has 0 aliphatic heterocycles. The number of esters is 1. The summed E-state index contributed by atoms with van der Waals surface area (Å²) in [6, 6.07) is -1.39. The molecule has 0 aliphatic rings. The van der Waals surface area contributed by atoms with E-state index in [4.69, 9.17) is 14.9 Å². The third-order valence-electron chi connectivity index (χ3n) is 8.45. The lowest BCUT2D eigenvalue weighted by atomic mass is 10.0. The van der Waals surface area contributed by atoms with E-state index in [1.54, 1.807) is 0 Å². The molecule has 9 heteroatoms. The summed E-state index contributed by atoms with van der Waals surface area (Å²) in [6.45, 7) is 3.36. The maximum absolute atomic E-state index is 12.6. The van der Waals surface area contributed by atoms with Crippen molar-refractivity contribution < 1.29 is 34.1 Å². The standard InChI is InChI=1S/C39H70N2O7/c1-3-5-7-9-10-11-12-13-14-15-16-17-18-19-20-21-22-27-31-38(45)48-34(28-24-8-6-4-2)29-25-23-26-30-36(43)40-32-37(44)41-35(33-42)39(46)47/h11-12,14-15,34-35,42H,3-10,13,16-33H2,1-2H3,(H,40,43)(H,41,44)(H,46,47)/b12-11-,15-14-. The van der Waals surface area contributed by atoms with E-state index in [1.165, 1.54) is 64.2 Å². The first-order valence-electron chi connectivity index (χ1n) is 19.2. The Kier molecular flexibility index (Phi) is 32.3. The van der Waals surface area contributed by atoms with E-state index < -0.39 is 24.5 Å². The van der Waals surface area contributed by atoms with Gasteiger partial charge in [0, 0.05) is 12.8 Å². The molecule has 2 atom stereocenters. The molecule has 0 fully saturated rings.